The molecule has 0 amide bonds. The first-order valence-corrected chi connectivity index (χ1v) is 10.5. The van der Waals surface area contributed by atoms with Crippen LogP contribution in [0.1, 0.15) is 36.9 Å². The van der Waals surface area contributed by atoms with E-state index in [1.165, 1.54) is 13.3 Å². The summed E-state index contributed by atoms with van der Waals surface area (Å²) in [7, 11) is -2.66. The number of hydrogen-bond acceptors (Lipinski definition) is 6. The number of carbonyl (C=O) groups is 2. The number of benzene rings is 1. The highest BCUT2D eigenvalue weighted by atomic mass is 35.5. The first kappa shape index (κ1) is 22.2. The van der Waals surface area contributed by atoms with Crippen LogP contribution >= 0.6 is 11.6 Å². The van der Waals surface area contributed by atoms with Crippen molar-refractivity contribution < 1.29 is 27.5 Å². The van der Waals surface area contributed by atoms with E-state index >= 15 is 0 Å². The van der Waals surface area contributed by atoms with Crippen LogP contribution in [0.15, 0.2) is 30.0 Å². The second-order valence-electron chi connectivity index (χ2n) is 6.16. The molecule has 1 N–H and O–H groups in total. The van der Waals surface area contributed by atoms with E-state index in [0.29, 0.717) is 10.6 Å². The maximum atomic E-state index is 12.7. The molecule has 28 heavy (non-hydrogen) atoms. The van der Waals surface area contributed by atoms with Gasteiger partial charge in [-0.1, -0.05) is 23.7 Å². The van der Waals surface area contributed by atoms with Crippen LogP contribution in [0, 0.1) is 6.92 Å². The van der Waals surface area contributed by atoms with Gasteiger partial charge in [-0.15, -0.1) is 0 Å². The molecule has 1 atom stereocenters. The quantitative estimate of drug-likeness (QED) is 0.665. The third-order valence-electron chi connectivity index (χ3n) is 4.20. The Kier molecular flexibility index (Phi) is 7.45. The number of hydrogen-bond donors (Lipinski definition) is 1. The molecule has 1 aliphatic rings. The SMILES string of the molecule is CCOC(=O)C1=CN(CCCC(=O)OC)S(=O)(=O)NC1c1ccc(C)c(Cl)c1. The first-order chi connectivity index (χ1) is 13.2. The van der Waals surface area contributed by atoms with Gasteiger partial charge in [-0.05, 0) is 37.5 Å². The molecule has 0 fully saturated rings. The third-order valence-corrected chi connectivity index (χ3v) is 6.04. The van der Waals surface area contributed by atoms with Gasteiger partial charge in [0.05, 0.1) is 25.3 Å². The van der Waals surface area contributed by atoms with Gasteiger partial charge < -0.3 is 9.47 Å². The Bertz CT molecular complexity index is 884. The number of nitrogens with zero attached hydrogens (tertiary/aromatic N) is 1. The lowest BCUT2D eigenvalue weighted by molar-refractivity contribution is -0.141. The zero-order valence-corrected chi connectivity index (χ0v) is 17.5. The van der Waals surface area contributed by atoms with Gasteiger partial charge >= 0.3 is 22.1 Å². The highest BCUT2D eigenvalue weighted by molar-refractivity contribution is 7.87. The molecule has 154 valence electrons. The zero-order valence-electron chi connectivity index (χ0n) is 15.9. The summed E-state index contributed by atoms with van der Waals surface area (Å²) in [4.78, 5) is 23.7. The van der Waals surface area contributed by atoms with Crippen molar-refractivity contribution in [3.05, 3.63) is 46.1 Å². The van der Waals surface area contributed by atoms with Crippen LogP contribution in [0.2, 0.25) is 5.02 Å². The van der Waals surface area contributed by atoms with Gasteiger partial charge in [0.2, 0.25) is 0 Å². The summed E-state index contributed by atoms with van der Waals surface area (Å²) in [6.45, 7) is 3.64. The highest BCUT2D eigenvalue weighted by Crippen LogP contribution is 2.31. The van der Waals surface area contributed by atoms with E-state index in [1.807, 2.05) is 6.92 Å². The molecule has 0 bridgehead atoms. The number of nitrogens with one attached hydrogen (secondary N) is 1. The summed E-state index contributed by atoms with van der Waals surface area (Å²) in [5, 5.41) is 0.459. The summed E-state index contributed by atoms with van der Waals surface area (Å²) in [5.41, 5.74) is 1.48. The fourth-order valence-corrected chi connectivity index (χ4v) is 4.17. The van der Waals surface area contributed by atoms with Gasteiger partial charge in [-0.2, -0.15) is 13.1 Å². The van der Waals surface area contributed by atoms with Crippen LogP contribution in [-0.2, 0) is 29.3 Å². The largest absolute Gasteiger partial charge is 0.469 e. The molecule has 10 heteroatoms. The van der Waals surface area contributed by atoms with Crippen molar-refractivity contribution in [2.24, 2.45) is 0 Å². The Morgan fingerprint density at radius 2 is 2.04 bits per heavy atom. The summed E-state index contributed by atoms with van der Waals surface area (Å²) >= 11 is 6.17. The van der Waals surface area contributed by atoms with E-state index in [1.54, 1.807) is 25.1 Å². The fourth-order valence-electron chi connectivity index (χ4n) is 2.67. The van der Waals surface area contributed by atoms with Crippen LogP contribution < -0.4 is 4.72 Å². The Balaban J connectivity index is 2.37. The first-order valence-electron chi connectivity index (χ1n) is 8.70. The number of rotatable bonds is 7. The number of ether oxygens (including phenoxy) is 2. The third kappa shape index (κ3) is 5.24. The molecule has 0 spiro atoms. The average molecular weight is 431 g/mol. The Morgan fingerprint density at radius 1 is 1.32 bits per heavy atom. The van der Waals surface area contributed by atoms with Crippen molar-refractivity contribution in [2.45, 2.75) is 32.7 Å². The van der Waals surface area contributed by atoms with E-state index in [-0.39, 0.29) is 31.6 Å². The Morgan fingerprint density at radius 3 is 2.64 bits per heavy atom. The zero-order chi connectivity index (χ0) is 20.9. The second-order valence-corrected chi connectivity index (χ2v) is 8.22. The molecule has 0 saturated carbocycles. The molecular formula is C18H23ClN2O6S. The summed E-state index contributed by atoms with van der Waals surface area (Å²) in [5.74, 6) is -1.08. The van der Waals surface area contributed by atoms with Crippen molar-refractivity contribution in [3.8, 4) is 0 Å². The van der Waals surface area contributed by atoms with E-state index in [9.17, 15) is 18.0 Å². The second kappa shape index (κ2) is 9.40. The number of methoxy groups -OCH3 is 1. The molecule has 0 radical (unpaired) electrons. The molecule has 1 aromatic carbocycles. The number of carbonyl (C=O) groups excluding carboxylic acids is 2. The minimum Gasteiger partial charge on any atom is -0.469 e. The maximum Gasteiger partial charge on any atom is 0.337 e. The number of esters is 2. The fraction of sp³-hybridized carbons (Fsp3) is 0.444. The Hall–Kier alpha value is -2.10. The maximum absolute atomic E-state index is 12.7. The minimum absolute atomic E-state index is 0.00864. The molecule has 8 nitrogen and oxygen atoms in total. The van der Waals surface area contributed by atoms with E-state index in [4.69, 9.17) is 16.3 Å². The molecule has 1 aliphatic heterocycles. The van der Waals surface area contributed by atoms with Crippen LogP contribution in [0.4, 0.5) is 0 Å². The standard InChI is InChI=1S/C18H23ClN2O6S/c1-4-27-18(23)14-11-21(9-5-6-16(22)26-3)28(24,25)20-17(14)13-8-7-12(2)15(19)10-13/h7-8,10-11,17,20H,4-6,9H2,1-3H3. The van der Waals surface area contributed by atoms with Crippen molar-refractivity contribution in [1.82, 2.24) is 9.03 Å². The van der Waals surface area contributed by atoms with Gasteiger partial charge in [-0.25, -0.2) is 4.79 Å². The van der Waals surface area contributed by atoms with Crippen LogP contribution in [0.5, 0.6) is 0 Å². The van der Waals surface area contributed by atoms with Crippen molar-refractivity contribution in [1.29, 1.82) is 0 Å². The molecule has 1 heterocycles. The normalized spacial score (nSPS) is 18.4. The van der Waals surface area contributed by atoms with E-state index < -0.39 is 28.2 Å². The molecule has 0 aliphatic carbocycles. The molecule has 0 saturated heterocycles. The molecular weight excluding hydrogens is 408 g/mol. The molecule has 1 unspecified atom stereocenters. The summed E-state index contributed by atoms with van der Waals surface area (Å²) in [6.07, 6.45) is 1.54. The topological polar surface area (TPSA) is 102 Å². The number of halogens is 1. The predicted octanol–water partition coefficient (Wildman–Crippen LogP) is 2.24. The van der Waals surface area contributed by atoms with Crippen molar-refractivity contribution >= 4 is 33.7 Å². The molecule has 1 aromatic rings. The number of aryl methyl sites for hydroxylation is 1. The van der Waals surface area contributed by atoms with Crippen molar-refractivity contribution in [3.63, 3.8) is 0 Å². The average Bonchev–Trinajstić information content (AvgIpc) is 2.64. The lowest BCUT2D eigenvalue weighted by Gasteiger charge is -2.32. The minimum atomic E-state index is -3.93. The van der Waals surface area contributed by atoms with E-state index in [0.717, 1.165) is 9.87 Å². The lowest BCUT2D eigenvalue weighted by Crippen LogP contribution is -2.46. The molecule has 2 rings (SSSR count). The Labute approximate surface area is 169 Å². The molecule has 0 aromatic heterocycles. The summed E-state index contributed by atoms with van der Waals surface area (Å²) in [6, 6.07) is 4.13. The monoisotopic (exact) mass is 430 g/mol. The van der Waals surface area contributed by atoms with Gasteiger partial charge in [0.1, 0.15) is 0 Å². The highest BCUT2D eigenvalue weighted by Gasteiger charge is 2.36. The summed E-state index contributed by atoms with van der Waals surface area (Å²) < 4.78 is 38.5. The van der Waals surface area contributed by atoms with Crippen LogP contribution in [0.3, 0.4) is 0 Å². The lowest BCUT2D eigenvalue weighted by atomic mass is 9.99. The van der Waals surface area contributed by atoms with Gasteiger partial charge in [0.15, 0.2) is 0 Å². The van der Waals surface area contributed by atoms with Gasteiger partial charge in [0, 0.05) is 24.2 Å². The van der Waals surface area contributed by atoms with Crippen LogP contribution in [-0.4, -0.2) is 44.9 Å². The van der Waals surface area contributed by atoms with Crippen LogP contribution in [0.25, 0.3) is 0 Å². The van der Waals surface area contributed by atoms with E-state index in [2.05, 4.69) is 9.46 Å². The predicted molar refractivity (Wildman–Crippen MR) is 104 cm³/mol. The van der Waals surface area contributed by atoms with Crippen molar-refractivity contribution in [2.75, 3.05) is 20.3 Å². The van der Waals surface area contributed by atoms with Gasteiger partial charge in [0.25, 0.3) is 0 Å². The smallest absolute Gasteiger partial charge is 0.337 e. The van der Waals surface area contributed by atoms with Gasteiger partial charge in [-0.3, -0.25) is 9.10 Å².